The summed E-state index contributed by atoms with van der Waals surface area (Å²) in [7, 11) is -2.39. The first-order chi connectivity index (χ1) is 14.2. The van der Waals surface area contributed by atoms with Crippen molar-refractivity contribution in [1.29, 1.82) is 0 Å². The molecule has 3 aromatic rings. The Balaban J connectivity index is 1.87. The number of benzene rings is 2. The number of carbonyl (C=O) groups is 2. The Hall–Kier alpha value is -3.86. The van der Waals surface area contributed by atoms with Crippen molar-refractivity contribution in [2.24, 2.45) is 0 Å². The minimum absolute atomic E-state index is 0.0369. The average molecular weight is 431 g/mol. The summed E-state index contributed by atoms with van der Waals surface area (Å²) < 4.78 is 32.6. The van der Waals surface area contributed by atoms with Crippen molar-refractivity contribution in [2.45, 2.75) is 4.90 Å². The van der Waals surface area contributed by atoms with Crippen molar-refractivity contribution in [3.05, 3.63) is 54.4 Å². The number of aromatic hydroxyl groups is 1. The lowest BCUT2D eigenvalue weighted by Crippen LogP contribution is -2.29. The summed E-state index contributed by atoms with van der Waals surface area (Å²) in [6.45, 7) is -0.621. The van der Waals surface area contributed by atoms with Gasteiger partial charge < -0.3 is 20.3 Å². The van der Waals surface area contributed by atoms with Crippen LogP contribution in [0.5, 0.6) is 11.5 Å². The van der Waals surface area contributed by atoms with Gasteiger partial charge in [0.15, 0.2) is 11.4 Å². The summed E-state index contributed by atoms with van der Waals surface area (Å²) >= 11 is 0. The number of carbonyl (C=O) groups excluding carboxylic acids is 1. The van der Waals surface area contributed by atoms with E-state index >= 15 is 0 Å². The average Bonchev–Trinajstić information content (AvgIpc) is 2.72. The number of ether oxygens (including phenoxy) is 1. The van der Waals surface area contributed by atoms with Crippen molar-refractivity contribution in [2.75, 3.05) is 18.4 Å². The molecule has 0 bridgehead atoms. The van der Waals surface area contributed by atoms with Crippen LogP contribution in [0.4, 0.5) is 5.69 Å². The standard InChI is InChI=1S/C19H17N3O7S/c1-29-13-3-5-14(6-4-13)30(27,28)22-12-2-7-15-11(8-12)9-20-17(18(15)25)19(26)21-10-16(23)24/h2-9,22,25H,10H2,1H3,(H,21,26)(H,23,24). The molecule has 0 fully saturated rings. The highest BCUT2D eigenvalue weighted by Crippen LogP contribution is 2.30. The van der Waals surface area contributed by atoms with Gasteiger partial charge >= 0.3 is 5.97 Å². The molecule has 0 atom stereocenters. The highest BCUT2D eigenvalue weighted by molar-refractivity contribution is 7.92. The van der Waals surface area contributed by atoms with Gasteiger partial charge in [-0.2, -0.15) is 0 Å². The van der Waals surface area contributed by atoms with E-state index in [4.69, 9.17) is 9.84 Å². The molecule has 0 aliphatic carbocycles. The normalized spacial score (nSPS) is 11.1. The van der Waals surface area contributed by atoms with E-state index in [2.05, 4.69) is 15.0 Å². The van der Waals surface area contributed by atoms with E-state index in [0.29, 0.717) is 11.1 Å². The zero-order valence-corrected chi connectivity index (χ0v) is 16.4. The number of hydrogen-bond acceptors (Lipinski definition) is 7. The van der Waals surface area contributed by atoms with Crippen LogP contribution in [0.1, 0.15) is 10.5 Å². The first-order valence-corrected chi connectivity index (χ1v) is 9.98. The fraction of sp³-hybridized carbons (Fsp3) is 0.105. The molecule has 3 rings (SSSR count). The van der Waals surface area contributed by atoms with Crippen LogP contribution in [0.15, 0.2) is 53.6 Å². The van der Waals surface area contributed by atoms with Crippen molar-refractivity contribution in [1.82, 2.24) is 10.3 Å². The predicted molar refractivity (Wildman–Crippen MR) is 107 cm³/mol. The van der Waals surface area contributed by atoms with Gasteiger partial charge in [0.1, 0.15) is 12.3 Å². The number of aliphatic carboxylic acids is 1. The molecular formula is C19H17N3O7S. The number of carboxylic acids is 1. The highest BCUT2D eigenvalue weighted by Gasteiger charge is 2.18. The largest absolute Gasteiger partial charge is 0.505 e. The summed E-state index contributed by atoms with van der Waals surface area (Å²) in [6, 6.07) is 10.1. The summed E-state index contributed by atoms with van der Waals surface area (Å²) in [4.78, 5) is 26.4. The Labute approximate surface area is 171 Å². The molecule has 0 saturated carbocycles. The predicted octanol–water partition coefficient (Wildman–Crippen LogP) is 1.56. The Bertz CT molecular complexity index is 1220. The molecule has 4 N–H and O–H groups in total. The van der Waals surface area contributed by atoms with Gasteiger partial charge in [0, 0.05) is 22.7 Å². The van der Waals surface area contributed by atoms with Crippen molar-refractivity contribution < 1.29 is 33.0 Å². The number of rotatable bonds is 7. The Morgan fingerprint density at radius 1 is 1.13 bits per heavy atom. The third-order valence-corrected chi connectivity index (χ3v) is 5.50. The highest BCUT2D eigenvalue weighted by atomic mass is 32.2. The molecule has 1 heterocycles. The van der Waals surface area contributed by atoms with Gasteiger partial charge in [0.2, 0.25) is 0 Å². The topological polar surface area (TPSA) is 155 Å². The van der Waals surface area contributed by atoms with Gasteiger partial charge in [0.25, 0.3) is 15.9 Å². The molecule has 0 radical (unpaired) electrons. The Morgan fingerprint density at radius 2 is 1.83 bits per heavy atom. The molecular weight excluding hydrogens is 414 g/mol. The molecule has 1 aromatic heterocycles. The Kier molecular flexibility index (Phi) is 5.74. The quantitative estimate of drug-likeness (QED) is 0.439. The van der Waals surface area contributed by atoms with Crippen LogP contribution in [0.3, 0.4) is 0 Å². The fourth-order valence-corrected chi connectivity index (χ4v) is 3.70. The maximum absolute atomic E-state index is 12.6. The number of methoxy groups -OCH3 is 1. The summed E-state index contributed by atoms with van der Waals surface area (Å²) in [6.07, 6.45) is 1.27. The van der Waals surface area contributed by atoms with Crippen LogP contribution >= 0.6 is 0 Å². The van der Waals surface area contributed by atoms with E-state index in [1.165, 1.54) is 55.8 Å². The molecule has 0 spiro atoms. The van der Waals surface area contributed by atoms with E-state index < -0.39 is 34.2 Å². The number of pyridine rings is 1. The SMILES string of the molecule is COc1ccc(S(=O)(=O)Nc2ccc3c(O)c(C(=O)NCC(=O)O)ncc3c2)cc1. The molecule has 0 unspecified atom stereocenters. The number of anilines is 1. The van der Waals surface area contributed by atoms with Crippen LogP contribution in [-0.2, 0) is 14.8 Å². The minimum atomic E-state index is -3.86. The molecule has 0 aliphatic rings. The van der Waals surface area contributed by atoms with E-state index in [1.807, 2.05) is 0 Å². The minimum Gasteiger partial charge on any atom is -0.505 e. The molecule has 30 heavy (non-hydrogen) atoms. The number of sulfonamides is 1. The number of hydrogen-bond donors (Lipinski definition) is 4. The molecule has 11 heteroatoms. The molecule has 156 valence electrons. The molecule has 2 aromatic carbocycles. The first kappa shape index (κ1) is 20.9. The second-order valence-electron chi connectivity index (χ2n) is 6.11. The number of carboxylic acid groups (broad SMARTS) is 1. The molecule has 0 aliphatic heterocycles. The van der Waals surface area contributed by atoms with Crippen molar-refractivity contribution in [3.8, 4) is 11.5 Å². The van der Waals surface area contributed by atoms with Gasteiger partial charge in [-0.05, 0) is 42.5 Å². The van der Waals surface area contributed by atoms with E-state index in [1.54, 1.807) is 0 Å². The van der Waals surface area contributed by atoms with E-state index in [0.717, 1.165) is 0 Å². The molecule has 10 nitrogen and oxygen atoms in total. The summed E-state index contributed by atoms with van der Waals surface area (Å²) in [5.41, 5.74) is -0.113. The maximum Gasteiger partial charge on any atom is 0.322 e. The first-order valence-electron chi connectivity index (χ1n) is 8.50. The smallest absolute Gasteiger partial charge is 0.322 e. The van der Waals surface area contributed by atoms with Crippen molar-refractivity contribution >= 4 is 38.4 Å². The molecule has 0 saturated heterocycles. The zero-order valence-electron chi connectivity index (χ0n) is 15.6. The van der Waals surface area contributed by atoms with Crippen LogP contribution in [-0.4, -0.2) is 49.1 Å². The third kappa shape index (κ3) is 4.41. The summed E-state index contributed by atoms with van der Waals surface area (Å²) in [5.74, 6) is -2.01. The monoisotopic (exact) mass is 431 g/mol. The van der Waals surface area contributed by atoms with Gasteiger partial charge in [0.05, 0.1) is 12.0 Å². The van der Waals surface area contributed by atoms with Crippen LogP contribution in [0.25, 0.3) is 10.8 Å². The second kappa shape index (κ2) is 8.25. The lowest BCUT2D eigenvalue weighted by Gasteiger charge is -2.11. The van der Waals surface area contributed by atoms with Gasteiger partial charge in [-0.15, -0.1) is 0 Å². The number of nitrogens with one attached hydrogen (secondary N) is 2. The fourth-order valence-electron chi connectivity index (χ4n) is 2.65. The van der Waals surface area contributed by atoms with Gasteiger partial charge in [-0.25, -0.2) is 13.4 Å². The van der Waals surface area contributed by atoms with Gasteiger partial charge in [-0.3, -0.25) is 14.3 Å². The zero-order chi connectivity index (χ0) is 21.9. The molecule has 1 amide bonds. The second-order valence-corrected chi connectivity index (χ2v) is 7.80. The lowest BCUT2D eigenvalue weighted by atomic mass is 10.1. The maximum atomic E-state index is 12.6. The van der Waals surface area contributed by atoms with E-state index in [-0.39, 0.29) is 21.7 Å². The number of fused-ring (bicyclic) bond motifs is 1. The van der Waals surface area contributed by atoms with Crippen LogP contribution in [0, 0.1) is 0 Å². The summed E-state index contributed by atoms with van der Waals surface area (Å²) in [5, 5.41) is 21.7. The van der Waals surface area contributed by atoms with Gasteiger partial charge in [-0.1, -0.05) is 0 Å². The number of nitrogens with zero attached hydrogens (tertiary/aromatic N) is 1. The van der Waals surface area contributed by atoms with Crippen molar-refractivity contribution in [3.63, 3.8) is 0 Å². The number of aromatic nitrogens is 1. The van der Waals surface area contributed by atoms with Crippen LogP contribution in [0.2, 0.25) is 0 Å². The lowest BCUT2D eigenvalue weighted by molar-refractivity contribution is -0.135. The Morgan fingerprint density at radius 3 is 2.47 bits per heavy atom. The number of amides is 1. The third-order valence-electron chi connectivity index (χ3n) is 4.10. The van der Waals surface area contributed by atoms with Crippen LogP contribution < -0.4 is 14.8 Å². The van der Waals surface area contributed by atoms with E-state index in [9.17, 15) is 23.1 Å².